The Bertz CT molecular complexity index is 1270. The van der Waals surface area contributed by atoms with Crippen LogP contribution in [-0.4, -0.2) is 31.7 Å². The van der Waals surface area contributed by atoms with Crippen molar-refractivity contribution in [1.82, 2.24) is 14.5 Å². The maximum absolute atomic E-state index is 13.1. The van der Waals surface area contributed by atoms with Crippen LogP contribution in [0.15, 0.2) is 35.4 Å². The first-order valence-electron chi connectivity index (χ1n) is 10.8. The molecule has 0 aliphatic heterocycles. The van der Waals surface area contributed by atoms with Gasteiger partial charge in [-0.15, -0.1) is 0 Å². The van der Waals surface area contributed by atoms with Gasteiger partial charge in [-0.3, -0.25) is 14.6 Å². The molecule has 3 aromatic heterocycles. The van der Waals surface area contributed by atoms with Crippen molar-refractivity contribution in [3.63, 3.8) is 0 Å². The van der Waals surface area contributed by atoms with Crippen LogP contribution in [0.5, 0.6) is 0 Å². The van der Waals surface area contributed by atoms with Crippen LogP contribution in [0.25, 0.3) is 22.0 Å². The van der Waals surface area contributed by atoms with E-state index in [2.05, 4.69) is 15.3 Å². The number of fused-ring (bicyclic) bond motifs is 1. The lowest BCUT2D eigenvalue weighted by Gasteiger charge is -2.14. The molecule has 1 aliphatic rings. The lowest BCUT2D eigenvalue weighted by molar-refractivity contribution is -0.117. The molecule has 0 bridgehead atoms. The lowest BCUT2D eigenvalue weighted by Crippen LogP contribution is -2.20. The van der Waals surface area contributed by atoms with Crippen LogP contribution in [0.4, 0.5) is 10.2 Å². The number of aliphatic hydroxyl groups is 1. The molecule has 1 aliphatic carbocycles. The molecule has 0 aromatic carbocycles. The standard InChI is InChI=1S/C23H25FN4O3/c1-4-5-20(29)18-6-12(2)16(11-25-18)14-7-13-10-26-21(9-19(13)28(3)23(14)31)27-22(30)15-8-17(15)24/h6-7,9-11,15,17,20,29H,4-5,8H2,1-3H3,(H,26,27,30)/t15-,17+,20?/m0/s1/i20D. The quantitative estimate of drug-likeness (QED) is 0.631. The molecule has 1 amide bonds. The number of amides is 1. The summed E-state index contributed by atoms with van der Waals surface area (Å²) in [6.07, 6.45) is 1.30. The van der Waals surface area contributed by atoms with Crippen molar-refractivity contribution in [2.24, 2.45) is 13.0 Å². The second-order valence-corrected chi connectivity index (χ2v) is 7.98. The zero-order valence-electron chi connectivity index (χ0n) is 18.6. The Morgan fingerprint density at radius 2 is 2.10 bits per heavy atom. The number of hydrogen-bond acceptors (Lipinski definition) is 5. The third-order valence-corrected chi connectivity index (χ3v) is 5.59. The first-order valence-corrected chi connectivity index (χ1v) is 10.3. The first kappa shape index (κ1) is 19.8. The monoisotopic (exact) mass is 425 g/mol. The van der Waals surface area contributed by atoms with Crippen molar-refractivity contribution >= 4 is 22.6 Å². The lowest BCUT2D eigenvalue weighted by atomic mass is 10.0. The minimum atomic E-state index is -1.78. The number of alkyl halides is 1. The van der Waals surface area contributed by atoms with Crippen LogP contribution >= 0.6 is 0 Å². The SMILES string of the molecule is [2H]C(O)(CCC)c1cc(C)c(-c2cc3cnc(NC(=O)[C@H]4C[C@H]4F)cc3n(C)c2=O)cn1. The van der Waals surface area contributed by atoms with Gasteiger partial charge in [-0.25, -0.2) is 9.37 Å². The smallest absolute Gasteiger partial charge is 0.258 e. The van der Waals surface area contributed by atoms with Crippen molar-refractivity contribution in [1.29, 1.82) is 0 Å². The van der Waals surface area contributed by atoms with E-state index in [9.17, 15) is 19.1 Å². The summed E-state index contributed by atoms with van der Waals surface area (Å²) in [6.45, 7) is 3.69. The molecular weight excluding hydrogens is 399 g/mol. The summed E-state index contributed by atoms with van der Waals surface area (Å²) in [5, 5.41) is 13.6. The largest absolute Gasteiger partial charge is 0.387 e. The van der Waals surface area contributed by atoms with Crippen LogP contribution < -0.4 is 10.9 Å². The fourth-order valence-corrected chi connectivity index (χ4v) is 3.64. The Hall–Kier alpha value is -3.13. The Morgan fingerprint density at radius 1 is 1.35 bits per heavy atom. The molecule has 3 aromatic rings. The molecule has 8 heteroatoms. The van der Waals surface area contributed by atoms with Gasteiger partial charge in [0.2, 0.25) is 5.91 Å². The van der Waals surface area contributed by atoms with Crippen LogP contribution in [0.1, 0.15) is 44.9 Å². The van der Waals surface area contributed by atoms with E-state index in [4.69, 9.17) is 1.37 Å². The number of nitrogens with one attached hydrogen (secondary N) is 1. The molecule has 4 rings (SSSR count). The Labute approximate surface area is 180 Å². The molecule has 31 heavy (non-hydrogen) atoms. The van der Waals surface area contributed by atoms with E-state index in [0.717, 1.165) is 5.56 Å². The van der Waals surface area contributed by atoms with Crippen LogP contribution in [0.2, 0.25) is 0 Å². The van der Waals surface area contributed by atoms with Gasteiger partial charge >= 0.3 is 0 Å². The van der Waals surface area contributed by atoms with Crippen molar-refractivity contribution in [2.45, 2.75) is 45.4 Å². The molecule has 162 valence electrons. The molecule has 3 atom stereocenters. The number of halogens is 1. The second-order valence-electron chi connectivity index (χ2n) is 7.98. The van der Waals surface area contributed by atoms with Crippen molar-refractivity contribution in [3.05, 3.63) is 52.2 Å². The van der Waals surface area contributed by atoms with E-state index in [1.807, 2.05) is 6.92 Å². The summed E-state index contributed by atoms with van der Waals surface area (Å²) in [7, 11) is 1.62. The Balaban J connectivity index is 1.71. The highest BCUT2D eigenvalue weighted by Crippen LogP contribution is 2.34. The molecule has 0 spiro atoms. The van der Waals surface area contributed by atoms with Crippen LogP contribution in [-0.2, 0) is 11.8 Å². The molecule has 0 saturated heterocycles. The van der Waals surface area contributed by atoms with Crippen LogP contribution in [0, 0.1) is 12.8 Å². The summed E-state index contributed by atoms with van der Waals surface area (Å²) >= 11 is 0. The average molecular weight is 425 g/mol. The number of nitrogens with zero attached hydrogens (tertiary/aromatic N) is 3. The van der Waals surface area contributed by atoms with Crippen molar-refractivity contribution < 1.29 is 15.7 Å². The van der Waals surface area contributed by atoms with Gasteiger partial charge in [0.15, 0.2) is 0 Å². The fraction of sp³-hybridized carbons (Fsp3) is 0.391. The Kier molecular flexibility index (Phi) is 5.23. The topological polar surface area (TPSA) is 97.1 Å². The molecule has 1 unspecified atom stereocenters. The van der Waals surface area contributed by atoms with E-state index < -0.39 is 24.1 Å². The summed E-state index contributed by atoms with van der Waals surface area (Å²) in [4.78, 5) is 33.6. The molecule has 3 heterocycles. The van der Waals surface area contributed by atoms with Gasteiger partial charge in [0, 0.05) is 42.0 Å². The minimum absolute atomic E-state index is 0.226. The van der Waals surface area contributed by atoms with Gasteiger partial charge in [-0.05, 0) is 37.5 Å². The van der Waals surface area contributed by atoms with E-state index >= 15 is 0 Å². The zero-order chi connectivity index (χ0) is 23.2. The number of anilines is 1. The normalized spacial score (nSPS) is 20.2. The number of rotatable bonds is 6. The molecule has 1 saturated carbocycles. The van der Waals surface area contributed by atoms with Gasteiger partial charge in [0.25, 0.3) is 5.56 Å². The highest BCUT2D eigenvalue weighted by molar-refractivity contribution is 5.95. The van der Waals surface area contributed by atoms with Gasteiger partial charge in [-0.1, -0.05) is 13.3 Å². The number of hydrogen-bond donors (Lipinski definition) is 2. The van der Waals surface area contributed by atoms with Crippen LogP contribution in [0.3, 0.4) is 0 Å². The third kappa shape index (κ3) is 4.07. The number of aryl methyl sites for hydroxylation is 2. The maximum Gasteiger partial charge on any atom is 0.258 e. The number of pyridine rings is 3. The highest BCUT2D eigenvalue weighted by Gasteiger charge is 2.43. The predicted molar refractivity (Wildman–Crippen MR) is 116 cm³/mol. The number of carbonyl (C=O) groups excluding carboxylic acids is 1. The Morgan fingerprint density at radius 3 is 2.74 bits per heavy atom. The average Bonchev–Trinajstić information content (AvgIpc) is 3.48. The van der Waals surface area contributed by atoms with Gasteiger partial charge in [-0.2, -0.15) is 0 Å². The van der Waals surface area contributed by atoms with E-state index in [0.29, 0.717) is 28.5 Å². The molecule has 2 N–H and O–H groups in total. The van der Waals surface area contributed by atoms with E-state index in [1.165, 1.54) is 10.8 Å². The number of carbonyl (C=O) groups is 1. The van der Waals surface area contributed by atoms with Crippen molar-refractivity contribution in [2.75, 3.05) is 5.32 Å². The maximum atomic E-state index is 13.1. The molecule has 0 radical (unpaired) electrons. The fourth-order valence-electron chi connectivity index (χ4n) is 3.64. The minimum Gasteiger partial charge on any atom is -0.387 e. The summed E-state index contributed by atoms with van der Waals surface area (Å²) < 4.78 is 22.7. The van der Waals surface area contributed by atoms with Gasteiger partial charge in [0.1, 0.15) is 12.0 Å². The molecule has 1 fully saturated rings. The zero-order valence-corrected chi connectivity index (χ0v) is 17.6. The first-order chi connectivity index (χ1) is 15.1. The summed E-state index contributed by atoms with van der Waals surface area (Å²) in [6, 6.07) is 4.93. The van der Waals surface area contributed by atoms with Gasteiger partial charge < -0.3 is 15.0 Å². The van der Waals surface area contributed by atoms with E-state index in [1.54, 1.807) is 38.4 Å². The predicted octanol–water partition coefficient (Wildman–Crippen LogP) is 3.43. The van der Waals surface area contributed by atoms with Crippen molar-refractivity contribution in [3.8, 4) is 11.1 Å². The second kappa shape index (κ2) is 8.19. The summed E-state index contributed by atoms with van der Waals surface area (Å²) in [5.41, 5.74) is 2.28. The summed E-state index contributed by atoms with van der Waals surface area (Å²) in [5.74, 6) is -0.779. The molecular formula is C23H25FN4O3. The molecule has 7 nitrogen and oxygen atoms in total. The highest BCUT2D eigenvalue weighted by atomic mass is 19.1. The third-order valence-electron chi connectivity index (χ3n) is 5.59. The van der Waals surface area contributed by atoms with Gasteiger partial charge in [0.05, 0.1) is 24.6 Å². The number of aromatic nitrogens is 3. The van der Waals surface area contributed by atoms with E-state index in [-0.39, 0.29) is 29.9 Å².